The minimum absolute atomic E-state index is 0.0149. The first-order valence-corrected chi connectivity index (χ1v) is 8.10. The molecule has 0 spiro atoms. The van der Waals surface area contributed by atoms with E-state index in [4.69, 9.17) is 5.73 Å². The molecule has 3 rings (SSSR count). The van der Waals surface area contributed by atoms with E-state index in [9.17, 15) is 13.6 Å². The van der Waals surface area contributed by atoms with E-state index in [-0.39, 0.29) is 22.8 Å². The molecule has 25 heavy (non-hydrogen) atoms. The number of nitrogens with zero attached hydrogens (tertiary/aromatic N) is 3. The summed E-state index contributed by atoms with van der Waals surface area (Å²) in [5.41, 5.74) is 5.32. The molecule has 1 aliphatic heterocycles. The van der Waals surface area contributed by atoms with Crippen LogP contribution in [0, 0.1) is 18.6 Å². The molecule has 0 bridgehead atoms. The van der Waals surface area contributed by atoms with E-state index >= 15 is 0 Å². The standard InChI is InChI=1S/C17H19F2N5O/c1-10-12(18)7-11(16(20)25)17(22-10)23-14-8-15(21-9-13(14)19)24-5-3-2-4-6-24/h7-9H,2-6H2,1H3,(H2,20,25)(H,21,22,23). The van der Waals surface area contributed by atoms with Crippen molar-refractivity contribution in [2.24, 2.45) is 5.73 Å². The summed E-state index contributed by atoms with van der Waals surface area (Å²) >= 11 is 0. The van der Waals surface area contributed by atoms with Crippen molar-refractivity contribution in [1.29, 1.82) is 0 Å². The minimum Gasteiger partial charge on any atom is -0.365 e. The minimum atomic E-state index is -0.848. The first-order valence-electron chi connectivity index (χ1n) is 8.10. The van der Waals surface area contributed by atoms with Crippen LogP contribution in [0.3, 0.4) is 0 Å². The van der Waals surface area contributed by atoms with Crippen LogP contribution < -0.4 is 16.0 Å². The van der Waals surface area contributed by atoms with Gasteiger partial charge < -0.3 is 16.0 Å². The SMILES string of the molecule is Cc1nc(Nc2cc(N3CCCCC3)ncc2F)c(C(N)=O)cc1F. The highest BCUT2D eigenvalue weighted by Gasteiger charge is 2.18. The highest BCUT2D eigenvalue weighted by atomic mass is 19.1. The number of aromatic nitrogens is 2. The van der Waals surface area contributed by atoms with E-state index in [1.807, 2.05) is 0 Å². The molecule has 3 heterocycles. The number of carbonyl (C=O) groups is 1. The van der Waals surface area contributed by atoms with E-state index in [1.165, 1.54) is 13.3 Å². The number of nitrogens with two attached hydrogens (primary N) is 1. The zero-order valence-electron chi connectivity index (χ0n) is 13.9. The molecule has 1 saturated heterocycles. The molecule has 8 heteroatoms. The normalized spacial score (nSPS) is 14.4. The van der Waals surface area contributed by atoms with Gasteiger partial charge in [0.15, 0.2) is 5.82 Å². The first-order chi connectivity index (χ1) is 12.0. The van der Waals surface area contributed by atoms with E-state index < -0.39 is 17.5 Å². The number of carbonyl (C=O) groups excluding carboxylic acids is 1. The van der Waals surface area contributed by atoms with E-state index in [2.05, 4.69) is 20.2 Å². The van der Waals surface area contributed by atoms with Crippen LogP contribution >= 0.6 is 0 Å². The van der Waals surface area contributed by atoms with Crippen molar-refractivity contribution in [2.75, 3.05) is 23.3 Å². The molecule has 2 aromatic heterocycles. The van der Waals surface area contributed by atoms with Gasteiger partial charge >= 0.3 is 0 Å². The van der Waals surface area contributed by atoms with Crippen molar-refractivity contribution >= 4 is 23.2 Å². The van der Waals surface area contributed by atoms with Gasteiger partial charge in [0.25, 0.3) is 5.91 Å². The van der Waals surface area contributed by atoms with Crippen molar-refractivity contribution < 1.29 is 13.6 Å². The summed E-state index contributed by atoms with van der Waals surface area (Å²) in [6.45, 7) is 3.17. The van der Waals surface area contributed by atoms with Gasteiger partial charge in [-0.05, 0) is 32.3 Å². The molecule has 0 unspecified atom stereocenters. The lowest BCUT2D eigenvalue weighted by Crippen LogP contribution is -2.30. The number of halogens is 2. The predicted octanol–water partition coefficient (Wildman–Crippen LogP) is 2.90. The fourth-order valence-corrected chi connectivity index (χ4v) is 2.81. The molecule has 132 valence electrons. The molecule has 0 saturated carbocycles. The predicted molar refractivity (Wildman–Crippen MR) is 91.0 cm³/mol. The van der Waals surface area contributed by atoms with Crippen molar-refractivity contribution in [3.63, 3.8) is 0 Å². The molecule has 0 aliphatic carbocycles. The van der Waals surface area contributed by atoms with E-state index in [0.29, 0.717) is 5.82 Å². The maximum absolute atomic E-state index is 14.2. The monoisotopic (exact) mass is 347 g/mol. The molecule has 0 radical (unpaired) electrons. The Morgan fingerprint density at radius 2 is 1.92 bits per heavy atom. The number of amides is 1. The number of hydrogen-bond donors (Lipinski definition) is 2. The molecule has 0 atom stereocenters. The van der Waals surface area contributed by atoms with Gasteiger partial charge in [0.2, 0.25) is 0 Å². The van der Waals surface area contributed by atoms with Crippen LogP contribution in [0.5, 0.6) is 0 Å². The van der Waals surface area contributed by atoms with Gasteiger partial charge in [-0.2, -0.15) is 0 Å². The maximum atomic E-state index is 14.2. The first kappa shape index (κ1) is 17.1. The summed E-state index contributed by atoms with van der Waals surface area (Å²) in [6, 6.07) is 2.56. The van der Waals surface area contributed by atoms with E-state index in [1.54, 1.807) is 6.07 Å². The summed E-state index contributed by atoms with van der Waals surface area (Å²) in [5.74, 6) is -1.44. The Balaban J connectivity index is 1.95. The number of primary amides is 1. The molecule has 3 N–H and O–H groups in total. The number of anilines is 3. The van der Waals surface area contributed by atoms with Gasteiger partial charge in [0.05, 0.1) is 23.1 Å². The summed E-state index contributed by atoms with van der Waals surface area (Å²) in [6.07, 6.45) is 4.41. The van der Waals surface area contributed by atoms with Crippen molar-refractivity contribution in [3.05, 3.63) is 41.2 Å². The molecular weight excluding hydrogens is 328 g/mol. The Labute approximate surface area is 144 Å². The van der Waals surface area contributed by atoms with Crippen LogP contribution in [-0.4, -0.2) is 29.0 Å². The lowest BCUT2D eigenvalue weighted by molar-refractivity contribution is 0.100. The fraction of sp³-hybridized carbons (Fsp3) is 0.353. The lowest BCUT2D eigenvalue weighted by Gasteiger charge is -2.28. The molecular formula is C17H19F2N5O. The smallest absolute Gasteiger partial charge is 0.252 e. The van der Waals surface area contributed by atoms with Gasteiger partial charge in [-0.1, -0.05) is 0 Å². The van der Waals surface area contributed by atoms with Crippen LogP contribution in [0.25, 0.3) is 0 Å². The van der Waals surface area contributed by atoms with Crippen LogP contribution in [0.1, 0.15) is 35.3 Å². The van der Waals surface area contributed by atoms with Crippen molar-refractivity contribution in [1.82, 2.24) is 9.97 Å². The molecule has 6 nitrogen and oxygen atoms in total. The van der Waals surface area contributed by atoms with Crippen molar-refractivity contribution in [3.8, 4) is 0 Å². The number of pyridine rings is 2. The van der Waals surface area contributed by atoms with Crippen LogP contribution in [-0.2, 0) is 0 Å². The van der Waals surface area contributed by atoms with Crippen LogP contribution in [0.2, 0.25) is 0 Å². The Hall–Kier alpha value is -2.77. The molecule has 1 fully saturated rings. The zero-order valence-corrected chi connectivity index (χ0v) is 13.9. The second kappa shape index (κ2) is 7.00. The summed E-state index contributed by atoms with van der Waals surface area (Å²) in [4.78, 5) is 21.7. The topological polar surface area (TPSA) is 84.1 Å². The van der Waals surface area contributed by atoms with Crippen LogP contribution in [0.15, 0.2) is 18.3 Å². The van der Waals surface area contributed by atoms with E-state index in [0.717, 1.165) is 38.2 Å². The summed E-state index contributed by atoms with van der Waals surface area (Å²) < 4.78 is 27.8. The Bertz CT molecular complexity index is 806. The average Bonchev–Trinajstić information content (AvgIpc) is 2.60. The Morgan fingerprint density at radius 3 is 2.60 bits per heavy atom. The van der Waals surface area contributed by atoms with Gasteiger partial charge in [-0.3, -0.25) is 4.79 Å². The Morgan fingerprint density at radius 1 is 1.20 bits per heavy atom. The third kappa shape index (κ3) is 3.67. The fourth-order valence-electron chi connectivity index (χ4n) is 2.81. The number of piperidine rings is 1. The quantitative estimate of drug-likeness (QED) is 0.888. The third-order valence-corrected chi connectivity index (χ3v) is 4.19. The van der Waals surface area contributed by atoms with Crippen LogP contribution in [0.4, 0.5) is 26.1 Å². The third-order valence-electron chi connectivity index (χ3n) is 4.19. The van der Waals surface area contributed by atoms with Gasteiger partial charge in [0.1, 0.15) is 17.5 Å². The second-order valence-electron chi connectivity index (χ2n) is 6.01. The lowest BCUT2D eigenvalue weighted by atomic mass is 10.1. The van der Waals surface area contributed by atoms with Gasteiger partial charge in [0, 0.05) is 19.2 Å². The molecule has 2 aromatic rings. The molecule has 1 amide bonds. The molecule has 1 aliphatic rings. The second-order valence-corrected chi connectivity index (χ2v) is 6.01. The number of rotatable bonds is 4. The zero-order chi connectivity index (χ0) is 18.0. The number of aryl methyl sites for hydroxylation is 1. The average molecular weight is 347 g/mol. The largest absolute Gasteiger partial charge is 0.365 e. The highest BCUT2D eigenvalue weighted by Crippen LogP contribution is 2.27. The molecule has 0 aromatic carbocycles. The summed E-state index contributed by atoms with van der Waals surface area (Å²) in [5, 5.41) is 2.75. The van der Waals surface area contributed by atoms with Gasteiger partial charge in [-0.15, -0.1) is 0 Å². The maximum Gasteiger partial charge on any atom is 0.252 e. The van der Waals surface area contributed by atoms with Gasteiger partial charge in [-0.25, -0.2) is 18.7 Å². The highest BCUT2D eigenvalue weighted by molar-refractivity contribution is 5.98. The number of hydrogen-bond acceptors (Lipinski definition) is 5. The Kier molecular flexibility index (Phi) is 4.78. The summed E-state index contributed by atoms with van der Waals surface area (Å²) in [7, 11) is 0. The number of nitrogens with one attached hydrogen (secondary N) is 1. The van der Waals surface area contributed by atoms with Crippen molar-refractivity contribution in [2.45, 2.75) is 26.2 Å².